The molecule has 0 saturated heterocycles. The maximum Gasteiger partial charge on any atom is 0.255 e. The van der Waals surface area contributed by atoms with E-state index in [1.165, 1.54) is 11.0 Å². The van der Waals surface area contributed by atoms with Crippen LogP contribution in [0.3, 0.4) is 0 Å². The van der Waals surface area contributed by atoms with Crippen LogP contribution in [0.5, 0.6) is 5.75 Å². The first-order chi connectivity index (χ1) is 13.2. The van der Waals surface area contributed by atoms with Crippen molar-refractivity contribution < 1.29 is 19.1 Å². The Morgan fingerprint density at radius 2 is 1.86 bits per heavy atom. The standard InChI is InChI=1S/C22H22N2O4/c1-5-19(26)24(4)15-11-9-14(10-12-15)21(27)23-17-8-6-7-16-18(25)13-22(2,3)28-20(16)17/h5-12H,1,13H2,2-4H3,(H,23,27). The lowest BCUT2D eigenvalue weighted by Gasteiger charge is -2.32. The maximum absolute atomic E-state index is 12.7. The molecule has 0 spiro atoms. The summed E-state index contributed by atoms with van der Waals surface area (Å²) in [4.78, 5) is 38.1. The number of carbonyl (C=O) groups is 3. The summed E-state index contributed by atoms with van der Waals surface area (Å²) in [7, 11) is 1.63. The van der Waals surface area contributed by atoms with Gasteiger partial charge in [-0.2, -0.15) is 0 Å². The summed E-state index contributed by atoms with van der Waals surface area (Å²) in [5.41, 5.74) is 1.36. The Hall–Kier alpha value is -3.41. The summed E-state index contributed by atoms with van der Waals surface area (Å²) in [6, 6.07) is 11.7. The highest BCUT2D eigenvalue weighted by Gasteiger charge is 2.34. The van der Waals surface area contributed by atoms with Gasteiger partial charge in [0, 0.05) is 18.3 Å². The van der Waals surface area contributed by atoms with Gasteiger partial charge in [-0.3, -0.25) is 14.4 Å². The van der Waals surface area contributed by atoms with Crippen LogP contribution in [0.25, 0.3) is 0 Å². The number of nitrogens with zero attached hydrogens (tertiary/aromatic N) is 1. The number of benzene rings is 2. The van der Waals surface area contributed by atoms with Gasteiger partial charge in [0.25, 0.3) is 5.91 Å². The van der Waals surface area contributed by atoms with E-state index in [2.05, 4.69) is 11.9 Å². The largest absolute Gasteiger partial charge is 0.484 e. The van der Waals surface area contributed by atoms with Gasteiger partial charge in [0.2, 0.25) is 5.91 Å². The first-order valence-corrected chi connectivity index (χ1v) is 8.88. The number of nitrogens with one attached hydrogen (secondary N) is 1. The van der Waals surface area contributed by atoms with E-state index < -0.39 is 5.60 Å². The van der Waals surface area contributed by atoms with Crippen LogP contribution >= 0.6 is 0 Å². The van der Waals surface area contributed by atoms with Crippen LogP contribution in [0.4, 0.5) is 11.4 Å². The van der Waals surface area contributed by atoms with E-state index in [1.54, 1.807) is 49.5 Å². The Kier molecular flexibility index (Phi) is 5.05. The number of hydrogen-bond donors (Lipinski definition) is 1. The highest BCUT2D eigenvalue weighted by Crippen LogP contribution is 2.38. The molecule has 1 aliphatic rings. The molecule has 144 valence electrons. The third-order valence-electron chi connectivity index (χ3n) is 4.55. The summed E-state index contributed by atoms with van der Waals surface area (Å²) >= 11 is 0. The van der Waals surface area contributed by atoms with Crippen LogP contribution in [-0.4, -0.2) is 30.2 Å². The first kappa shape index (κ1) is 19.4. The molecular formula is C22H22N2O4. The van der Waals surface area contributed by atoms with Crippen molar-refractivity contribution in [1.82, 2.24) is 0 Å². The average molecular weight is 378 g/mol. The Morgan fingerprint density at radius 3 is 2.50 bits per heavy atom. The van der Waals surface area contributed by atoms with Gasteiger partial charge in [-0.25, -0.2) is 0 Å². The van der Waals surface area contributed by atoms with Crippen molar-refractivity contribution in [1.29, 1.82) is 0 Å². The summed E-state index contributed by atoms with van der Waals surface area (Å²) in [5, 5.41) is 2.81. The Bertz CT molecular complexity index is 961. The van der Waals surface area contributed by atoms with Gasteiger partial charge < -0.3 is 15.0 Å². The molecule has 6 nitrogen and oxygen atoms in total. The molecule has 0 radical (unpaired) electrons. The fourth-order valence-corrected chi connectivity index (χ4v) is 3.05. The van der Waals surface area contributed by atoms with Crippen LogP contribution in [0.15, 0.2) is 55.1 Å². The second kappa shape index (κ2) is 7.31. The number of hydrogen-bond acceptors (Lipinski definition) is 4. The number of anilines is 2. The van der Waals surface area contributed by atoms with Gasteiger partial charge in [0.15, 0.2) is 11.5 Å². The minimum absolute atomic E-state index is 0.0124. The quantitative estimate of drug-likeness (QED) is 0.821. The Balaban J connectivity index is 1.83. The van der Waals surface area contributed by atoms with Crippen LogP contribution < -0.4 is 15.0 Å². The van der Waals surface area contributed by atoms with Crippen molar-refractivity contribution in [3.05, 3.63) is 66.2 Å². The molecule has 0 unspecified atom stereocenters. The number of rotatable bonds is 4. The maximum atomic E-state index is 12.7. The van der Waals surface area contributed by atoms with Gasteiger partial charge in [0.05, 0.1) is 17.7 Å². The van der Waals surface area contributed by atoms with Crippen molar-refractivity contribution in [2.45, 2.75) is 25.9 Å². The number of fused-ring (bicyclic) bond motifs is 1. The summed E-state index contributed by atoms with van der Waals surface area (Å²) in [6.07, 6.45) is 1.51. The minimum atomic E-state index is -0.630. The number of para-hydroxylation sites is 1. The number of likely N-dealkylation sites (N-methyl/N-ethyl adjacent to an activating group) is 1. The van der Waals surface area contributed by atoms with E-state index in [0.717, 1.165) is 0 Å². The number of carbonyl (C=O) groups excluding carboxylic acids is 3. The normalized spacial score (nSPS) is 14.5. The third kappa shape index (κ3) is 3.81. The second-order valence-corrected chi connectivity index (χ2v) is 7.25. The molecule has 28 heavy (non-hydrogen) atoms. The Morgan fingerprint density at radius 1 is 1.18 bits per heavy atom. The molecular weight excluding hydrogens is 356 g/mol. The van der Waals surface area contributed by atoms with Crippen molar-refractivity contribution >= 4 is 29.0 Å². The van der Waals surface area contributed by atoms with Gasteiger partial charge in [0.1, 0.15) is 5.60 Å². The monoisotopic (exact) mass is 378 g/mol. The van der Waals surface area contributed by atoms with E-state index >= 15 is 0 Å². The smallest absolute Gasteiger partial charge is 0.255 e. The predicted molar refractivity (Wildman–Crippen MR) is 108 cm³/mol. The van der Waals surface area contributed by atoms with E-state index in [9.17, 15) is 14.4 Å². The zero-order valence-electron chi connectivity index (χ0n) is 16.1. The number of ether oxygens (including phenoxy) is 1. The molecule has 0 fully saturated rings. The van der Waals surface area contributed by atoms with Gasteiger partial charge in [-0.05, 0) is 56.3 Å². The topological polar surface area (TPSA) is 75.7 Å². The molecule has 2 aromatic rings. The number of Topliss-reactive ketones (excluding diaryl/α,β-unsaturated/α-hetero) is 1. The second-order valence-electron chi connectivity index (χ2n) is 7.25. The highest BCUT2D eigenvalue weighted by atomic mass is 16.5. The number of amides is 2. The summed E-state index contributed by atoms with van der Waals surface area (Å²) < 4.78 is 5.96. The molecule has 1 aliphatic heterocycles. The molecule has 2 aromatic carbocycles. The molecule has 0 aromatic heterocycles. The molecule has 3 rings (SSSR count). The van der Waals surface area contributed by atoms with Gasteiger partial charge in [-0.15, -0.1) is 0 Å². The fraction of sp³-hybridized carbons (Fsp3) is 0.227. The SMILES string of the molecule is C=CC(=O)N(C)c1ccc(C(=O)Nc2cccc3c2OC(C)(C)CC3=O)cc1. The average Bonchev–Trinajstić information content (AvgIpc) is 2.66. The van der Waals surface area contributed by atoms with Crippen LogP contribution in [0.1, 0.15) is 41.0 Å². The number of ketones is 1. The lowest BCUT2D eigenvalue weighted by atomic mass is 9.92. The van der Waals surface area contributed by atoms with Crippen molar-refractivity contribution in [3.63, 3.8) is 0 Å². The molecule has 0 aliphatic carbocycles. The summed E-state index contributed by atoms with van der Waals surface area (Å²) in [5.74, 6) is -0.193. The third-order valence-corrected chi connectivity index (χ3v) is 4.55. The van der Waals surface area contributed by atoms with Crippen LogP contribution in [0, 0.1) is 0 Å². The predicted octanol–water partition coefficient (Wildman–Crippen LogP) is 3.83. The van der Waals surface area contributed by atoms with E-state index in [0.29, 0.717) is 28.3 Å². The van der Waals surface area contributed by atoms with E-state index in [1.807, 2.05) is 13.8 Å². The van der Waals surface area contributed by atoms with Gasteiger partial charge >= 0.3 is 0 Å². The molecule has 0 atom stereocenters. The van der Waals surface area contributed by atoms with E-state index in [4.69, 9.17) is 4.74 Å². The molecule has 0 saturated carbocycles. The van der Waals surface area contributed by atoms with Crippen molar-refractivity contribution in [2.24, 2.45) is 0 Å². The van der Waals surface area contributed by atoms with Crippen molar-refractivity contribution in [2.75, 3.05) is 17.3 Å². The highest BCUT2D eigenvalue weighted by molar-refractivity contribution is 6.08. The first-order valence-electron chi connectivity index (χ1n) is 8.88. The molecule has 0 bridgehead atoms. The zero-order chi connectivity index (χ0) is 20.5. The van der Waals surface area contributed by atoms with Crippen LogP contribution in [-0.2, 0) is 4.79 Å². The lowest BCUT2D eigenvalue weighted by molar-refractivity contribution is -0.113. The Labute approximate surface area is 163 Å². The molecule has 6 heteroatoms. The molecule has 1 N–H and O–H groups in total. The van der Waals surface area contributed by atoms with E-state index in [-0.39, 0.29) is 24.0 Å². The summed E-state index contributed by atoms with van der Waals surface area (Å²) in [6.45, 7) is 7.14. The minimum Gasteiger partial charge on any atom is -0.484 e. The van der Waals surface area contributed by atoms with Crippen LogP contribution in [0.2, 0.25) is 0 Å². The lowest BCUT2D eigenvalue weighted by Crippen LogP contribution is -2.36. The fourth-order valence-electron chi connectivity index (χ4n) is 3.05. The van der Waals surface area contributed by atoms with Gasteiger partial charge in [-0.1, -0.05) is 12.6 Å². The zero-order valence-corrected chi connectivity index (χ0v) is 16.1. The van der Waals surface area contributed by atoms with Crippen molar-refractivity contribution in [3.8, 4) is 5.75 Å². The molecule has 2 amide bonds. The molecule has 1 heterocycles.